The Bertz CT molecular complexity index is 890. The maximum atomic E-state index is 13.6. The molecule has 1 N–H and O–H groups in total. The maximum Gasteiger partial charge on any atom is 1.00 e. The first-order valence-electron chi connectivity index (χ1n) is 10.3. The molecule has 0 saturated heterocycles. The van der Waals surface area contributed by atoms with Crippen LogP contribution in [0.2, 0.25) is 10.0 Å². The molecule has 1 unspecified atom stereocenters. The molecule has 0 amide bonds. The predicted octanol–water partition coefficient (Wildman–Crippen LogP) is 2.87. The van der Waals surface area contributed by atoms with Gasteiger partial charge < -0.3 is 6.16 Å². The third-order valence-corrected chi connectivity index (χ3v) is 8.01. The van der Waals surface area contributed by atoms with Crippen LogP contribution in [0.25, 0.3) is 0 Å². The molecule has 30 heavy (non-hydrogen) atoms. The zero-order chi connectivity index (χ0) is 21.2. The standard InChI is InChI=1S/C21H28Cl2O5S.Na.H/c1-2-3-9-21(15-7-4-5-8-15)13-14-12-16(28-10-6-11-29(25,26)27)18(22)19(23)17(14)20(21)24;;/h12,15H,2-11,13H2,1H3,(H,25,26,27);;/q;+1;-1. The van der Waals surface area contributed by atoms with Gasteiger partial charge >= 0.3 is 29.6 Å². The van der Waals surface area contributed by atoms with Gasteiger partial charge in [0, 0.05) is 11.0 Å². The third-order valence-electron chi connectivity index (χ3n) is 6.36. The Morgan fingerprint density at radius 3 is 2.50 bits per heavy atom. The average Bonchev–Trinajstić information content (AvgIpc) is 3.28. The molecule has 0 bridgehead atoms. The fourth-order valence-electron chi connectivity index (χ4n) is 4.94. The summed E-state index contributed by atoms with van der Waals surface area (Å²) in [4.78, 5) is 13.6. The largest absolute Gasteiger partial charge is 1.00 e. The Morgan fingerprint density at radius 2 is 1.90 bits per heavy atom. The van der Waals surface area contributed by atoms with E-state index in [9.17, 15) is 13.2 Å². The minimum absolute atomic E-state index is 0. The molecule has 1 aromatic carbocycles. The molecule has 0 aromatic heterocycles. The Morgan fingerprint density at radius 1 is 1.23 bits per heavy atom. The molecular formula is C21H29Cl2NaO5S. The number of rotatable bonds is 9. The van der Waals surface area contributed by atoms with Gasteiger partial charge in [-0.15, -0.1) is 0 Å². The van der Waals surface area contributed by atoms with Gasteiger partial charge in [0.2, 0.25) is 0 Å². The quantitative estimate of drug-likeness (QED) is 0.329. The maximum absolute atomic E-state index is 13.6. The van der Waals surface area contributed by atoms with Gasteiger partial charge in [0.15, 0.2) is 5.78 Å². The first-order valence-corrected chi connectivity index (χ1v) is 12.7. The van der Waals surface area contributed by atoms with Gasteiger partial charge in [0.1, 0.15) is 10.8 Å². The van der Waals surface area contributed by atoms with Crippen molar-refractivity contribution in [1.29, 1.82) is 0 Å². The first kappa shape index (κ1) is 26.4. The molecule has 1 atom stereocenters. The summed E-state index contributed by atoms with van der Waals surface area (Å²) in [5.41, 5.74) is 1.01. The summed E-state index contributed by atoms with van der Waals surface area (Å²) in [5, 5.41) is 0.415. The minimum Gasteiger partial charge on any atom is -1.00 e. The molecule has 9 heteroatoms. The summed E-state index contributed by atoms with van der Waals surface area (Å²) in [7, 11) is -4.03. The van der Waals surface area contributed by atoms with Crippen molar-refractivity contribution in [2.75, 3.05) is 12.4 Å². The summed E-state index contributed by atoms with van der Waals surface area (Å²) in [6.45, 7) is 2.21. The van der Waals surface area contributed by atoms with Gasteiger partial charge in [-0.2, -0.15) is 8.42 Å². The van der Waals surface area contributed by atoms with Gasteiger partial charge in [-0.1, -0.05) is 55.8 Å². The normalized spacial score (nSPS) is 21.5. The third kappa shape index (κ3) is 5.56. The smallest absolute Gasteiger partial charge is 1.00 e. The van der Waals surface area contributed by atoms with Gasteiger partial charge in [-0.3, -0.25) is 9.35 Å². The fraction of sp³-hybridized carbons (Fsp3) is 0.667. The molecule has 1 saturated carbocycles. The van der Waals surface area contributed by atoms with Gasteiger partial charge in [0.25, 0.3) is 10.1 Å². The van der Waals surface area contributed by atoms with Gasteiger partial charge in [-0.25, -0.2) is 0 Å². The number of benzene rings is 1. The predicted molar refractivity (Wildman–Crippen MR) is 116 cm³/mol. The average molecular weight is 487 g/mol. The number of halogens is 2. The number of hydrogen-bond acceptors (Lipinski definition) is 4. The second-order valence-corrected chi connectivity index (χ2v) is 10.6. The Balaban J connectivity index is 0.00000240. The molecule has 2 aliphatic rings. The SMILES string of the molecule is CCCCC1(C2CCCC2)Cc2cc(OCCCS(=O)(=O)O)c(Cl)c(Cl)c2C1=O.[H-].[Na+]. The molecule has 5 nitrogen and oxygen atoms in total. The van der Waals surface area contributed by atoms with E-state index in [0.29, 0.717) is 23.7 Å². The van der Waals surface area contributed by atoms with E-state index in [1.165, 1.54) is 12.8 Å². The number of carbonyl (C=O) groups is 1. The van der Waals surface area contributed by atoms with Crippen molar-refractivity contribution < 1.29 is 53.5 Å². The number of ketones is 1. The second-order valence-electron chi connectivity index (χ2n) is 8.27. The van der Waals surface area contributed by atoms with Crippen molar-refractivity contribution in [3.8, 4) is 5.75 Å². The topological polar surface area (TPSA) is 80.7 Å². The van der Waals surface area contributed by atoms with Crippen LogP contribution >= 0.6 is 23.2 Å². The van der Waals surface area contributed by atoms with Crippen molar-refractivity contribution in [3.05, 3.63) is 27.2 Å². The first-order chi connectivity index (χ1) is 13.7. The zero-order valence-corrected chi connectivity index (χ0v) is 22.0. The Labute approximate surface area is 212 Å². The minimum atomic E-state index is -4.03. The van der Waals surface area contributed by atoms with Crippen LogP contribution < -0.4 is 34.3 Å². The molecule has 0 heterocycles. The number of unbranched alkanes of at least 4 members (excludes halogenated alkanes) is 1. The van der Waals surface area contributed by atoms with Gasteiger partial charge in [0.05, 0.1) is 17.4 Å². The second kappa shape index (κ2) is 10.9. The number of carbonyl (C=O) groups excluding carboxylic acids is 1. The molecule has 164 valence electrons. The Kier molecular flexibility index (Phi) is 9.57. The van der Waals surface area contributed by atoms with Gasteiger partial charge in [-0.05, 0) is 49.7 Å². The van der Waals surface area contributed by atoms with E-state index >= 15 is 0 Å². The fourth-order valence-corrected chi connectivity index (χ4v) is 5.93. The van der Waals surface area contributed by atoms with Crippen molar-refractivity contribution in [1.82, 2.24) is 0 Å². The molecule has 0 radical (unpaired) electrons. The number of fused-ring (bicyclic) bond motifs is 1. The van der Waals surface area contributed by atoms with Crippen LogP contribution in [0.5, 0.6) is 5.75 Å². The van der Waals surface area contributed by atoms with E-state index in [1.807, 2.05) is 0 Å². The van der Waals surface area contributed by atoms with Crippen LogP contribution in [-0.4, -0.2) is 31.1 Å². The Hall–Kier alpha value is 0.180. The number of Topliss-reactive ketones (excluding diaryl/α,β-unsaturated/α-hetero) is 1. The van der Waals surface area contributed by atoms with Crippen LogP contribution in [0.4, 0.5) is 0 Å². The molecule has 3 rings (SSSR count). The summed E-state index contributed by atoms with van der Waals surface area (Å²) < 4.78 is 36.2. The van der Waals surface area contributed by atoms with Crippen molar-refractivity contribution >= 4 is 39.1 Å². The van der Waals surface area contributed by atoms with E-state index in [1.54, 1.807) is 6.07 Å². The van der Waals surface area contributed by atoms with E-state index in [4.69, 9.17) is 32.5 Å². The van der Waals surface area contributed by atoms with E-state index in [-0.39, 0.29) is 65.6 Å². The van der Waals surface area contributed by atoms with Crippen LogP contribution in [0, 0.1) is 11.3 Å². The summed E-state index contributed by atoms with van der Waals surface area (Å²) in [5.74, 6) is 0.473. The molecule has 0 spiro atoms. The number of hydrogen-bond donors (Lipinski definition) is 1. The molecule has 1 fully saturated rings. The van der Waals surface area contributed by atoms with E-state index in [2.05, 4.69) is 6.92 Å². The van der Waals surface area contributed by atoms with Crippen LogP contribution in [0.15, 0.2) is 6.07 Å². The van der Waals surface area contributed by atoms with E-state index < -0.39 is 15.5 Å². The van der Waals surface area contributed by atoms with Crippen LogP contribution in [-0.2, 0) is 16.5 Å². The number of ether oxygens (including phenoxy) is 1. The molecule has 1 aromatic rings. The van der Waals surface area contributed by atoms with Crippen molar-refractivity contribution in [2.24, 2.45) is 11.3 Å². The molecule has 2 aliphatic carbocycles. The van der Waals surface area contributed by atoms with Crippen LogP contribution in [0.1, 0.15) is 75.6 Å². The van der Waals surface area contributed by atoms with Crippen LogP contribution in [0.3, 0.4) is 0 Å². The monoisotopic (exact) mass is 486 g/mol. The summed E-state index contributed by atoms with van der Waals surface area (Å²) in [6.07, 6.45) is 8.17. The van der Waals surface area contributed by atoms with E-state index in [0.717, 1.165) is 37.7 Å². The summed E-state index contributed by atoms with van der Waals surface area (Å²) >= 11 is 12.9. The molecule has 0 aliphatic heterocycles. The van der Waals surface area contributed by atoms with Crippen molar-refractivity contribution in [3.63, 3.8) is 0 Å². The summed E-state index contributed by atoms with van der Waals surface area (Å²) in [6, 6.07) is 1.79. The van der Waals surface area contributed by atoms with Crippen molar-refractivity contribution in [2.45, 2.75) is 64.7 Å². The molecular weight excluding hydrogens is 458 g/mol. The zero-order valence-electron chi connectivity index (χ0n) is 18.7.